The van der Waals surface area contributed by atoms with Gasteiger partial charge in [-0.15, -0.1) is 0 Å². The van der Waals surface area contributed by atoms with E-state index < -0.39 is 49.1 Å². The minimum atomic E-state index is -4.69. The van der Waals surface area contributed by atoms with Crippen LogP contribution in [0.3, 0.4) is 0 Å². The Bertz CT molecular complexity index is 924. The van der Waals surface area contributed by atoms with Gasteiger partial charge in [-0.3, -0.25) is 4.79 Å². The van der Waals surface area contributed by atoms with Gasteiger partial charge in [-0.2, -0.15) is 13.2 Å². The molecule has 0 atom stereocenters. The van der Waals surface area contributed by atoms with Gasteiger partial charge in [0.15, 0.2) is 0 Å². The Morgan fingerprint density at radius 3 is 2.32 bits per heavy atom. The molecule has 1 amide bonds. The van der Waals surface area contributed by atoms with E-state index in [9.17, 15) is 34.8 Å². The van der Waals surface area contributed by atoms with Crippen LogP contribution >= 0.6 is 0 Å². The van der Waals surface area contributed by atoms with Crippen molar-refractivity contribution in [2.45, 2.75) is 30.0 Å². The molecule has 2 rings (SSSR count). The molecule has 0 aliphatic carbocycles. The number of benzene rings is 1. The summed E-state index contributed by atoms with van der Waals surface area (Å²) in [6.07, 6.45) is -2.85. The maximum Gasteiger partial charge on any atom is 0.416 e. The summed E-state index contributed by atoms with van der Waals surface area (Å²) in [4.78, 5) is 11.3. The van der Waals surface area contributed by atoms with Gasteiger partial charge in [0.25, 0.3) is 0 Å². The van der Waals surface area contributed by atoms with E-state index in [1.165, 1.54) is 4.31 Å². The predicted molar refractivity (Wildman–Crippen MR) is 94.2 cm³/mol. The van der Waals surface area contributed by atoms with Crippen molar-refractivity contribution in [3.05, 3.63) is 29.8 Å². The van der Waals surface area contributed by atoms with Crippen molar-refractivity contribution in [2.24, 2.45) is 0 Å². The number of rotatable bonds is 6. The lowest BCUT2D eigenvalue weighted by Gasteiger charge is -2.30. The SMILES string of the molecule is CS(=O)(=O)N1CCC(NC(=O)CNS(=O)(=O)c2cccc(C(F)(F)F)c2)CC1. The van der Waals surface area contributed by atoms with Crippen molar-refractivity contribution in [3.63, 3.8) is 0 Å². The number of carbonyl (C=O) groups excluding carboxylic acids is 1. The topological polar surface area (TPSA) is 113 Å². The second kappa shape index (κ2) is 8.35. The van der Waals surface area contributed by atoms with Crippen LogP contribution in [0.2, 0.25) is 0 Å². The molecule has 28 heavy (non-hydrogen) atoms. The summed E-state index contributed by atoms with van der Waals surface area (Å²) >= 11 is 0. The summed E-state index contributed by atoms with van der Waals surface area (Å²) in [5.74, 6) is -0.659. The lowest BCUT2D eigenvalue weighted by Crippen LogP contribution is -2.48. The van der Waals surface area contributed by atoms with Gasteiger partial charge in [-0.05, 0) is 31.0 Å². The minimum absolute atomic E-state index is 0.236. The van der Waals surface area contributed by atoms with E-state index in [4.69, 9.17) is 0 Å². The van der Waals surface area contributed by atoms with E-state index in [1.807, 2.05) is 4.72 Å². The summed E-state index contributed by atoms with van der Waals surface area (Å²) in [6.45, 7) is -0.176. The number of nitrogens with one attached hydrogen (secondary N) is 2. The zero-order chi connectivity index (χ0) is 21.2. The first kappa shape index (κ1) is 22.6. The second-order valence-electron chi connectivity index (χ2n) is 6.35. The molecule has 1 saturated heterocycles. The van der Waals surface area contributed by atoms with Gasteiger partial charge in [0.1, 0.15) is 0 Å². The van der Waals surface area contributed by atoms with E-state index in [2.05, 4.69) is 5.32 Å². The van der Waals surface area contributed by atoms with E-state index in [-0.39, 0.29) is 19.1 Å². The third kappa shape index (κ3) is 6.15. The van der Waals surface area contributed by atoms with Crippen LogP contribution < -0.4 is 10.0 Å². The molecule has 1 aliphatic heterocycles. The standard InChI is InChI=1S/C15H20F3N3O5S2/c1-27(23,24)21-7-5-12(6-8-21)20-14(22)10-19-28(25,26)13-4-2-3-11(9-13)15(16,17)18/h2-4,9,12,19H,5-8,10H2,1H3,(H,20,22). The molecular weight excluding hydrogens is 423 g/mol. The number of alkyl halides is 3. The fraction of sp³-hybridized carbons (Fsp3) is 0.533. The molecule has 1 heterocycles. The van der Waals surface area contributed by atoms with Crippen molar-refractivity contribution >= 4 is 26.0 Å². The molecular formula is C15H20F3N3O5S2. The van der Waals surface area contributed by atoms with Gasteiger partial charge in [0.05, 0.1) is 23.3 Å². The number of piperidine rings is 1. The van der Waals surface area contributed by atoms with Crippen molar-refractivity contribution in [1.29, 1.82) is 0 Å². The Morgan fingerprint density at radius 2 is 1.79 bits per heavy atom. The number of sulfonamides is 2. The monoisotopic (exact) mass is 443 g/mol. The van der Waals surface area contributed by atoms with Gasteiger partial charge >= 0.3 is 6.18 Å². The third-order valence-electron chi connectivity index (χ3n) is 4.18. The number of hydrogen-bond donors (Lipinski definition) is 2. The normalized spacial score (nSPS) is 17.4. The quantitative estimate of drug-likeness (QED) is 0.666. The van der Waals surface area contributed by atoms with Crippen LogP contribution in [0.4, 0.5) is 13.2 Å². The summed E-state index contributed by atoms with van der Waals surface area (Å²) in [7, 11) is -7.61. The summed E-state index contributed by atoms with van der Waals surface area (Å²) in [6, 6.07) is 2.88. The Hall–Kier alpha value is -1.70. The highest BCUT2D eigenvalue weighted by molar-refractivity contribution is 7.89. The molecule has 0 radical (unpaired) electrons. The third-order valence-corrected chi connectivity index (χ3v) is 6.88. The number of carbonyl (C=O) groups is 1. The Labute approximate surface area is 161 Å². The van der Waals surface area contributed by atoms with Gasteiger partial charge in [0.2, 0.25) is 26.0 Å². The lowest BCUT2D eigenvalue weighted by atomic mass is 10.1. The van der Waals surface area contributed by atoms with Crippen LogP contribution in [-0.4, -0.2) is 59.0 Å². The summed E-state index contributed by atoms with van der Waals surface area (Å²) < 4.78 is 88.5. The Balaban J connectivity index is 1.90. The van der Waals surface area contributed by atoms with Crippen molar-refractivity contribution in [1.82, 2.24) is 14.3 Å². The zero-order valence-electron chi connectivity index (χ0n) is 14.9. The molecule has 8 nitrogen and oxygen atoms in total. The van der Waals surface area contributed by atoms with Crippen LogP contribution in [-0.2, 0) is 31.0 Å². The van der Waals surface area contributed by atoms with E-state index in [1.54, 1.807) is 0 Å². The largest absolute Gasteiger partial charge is 0.416 e. The van der Waals surface area contributed by atoms with Crippen molar-refractivity contribution < 1.29 is 34.8 Å². The fourth-order valence-electron chi connectivity index (χ4n) is 2.69. The molecule has 0 aromatic heterocycles. The van der Waals surface area contributed by atoms with Crippen LogP contribution in [0.15, 0.2) is 29.2 Å². The summed E-state index contributed by atoms with van der Waals surface area (Å²) in [5.41, 5.74) is -1.11. The van der Waals surface area contributed by atoms with Gasteiger partial charge < -0.3 is 5.32 Å². The first-order valence-electron chi connectivity index (χ1n) is 8.20. The molecule has 0 bridgehead atoms. The molecule has 0 unspecified atom stereocenters. The average molecular weight is 443 g/mol. The number of nitrogens with zero attached hydrogens (tertiary/aromatic N) is 1. The molecule has 13 heteroatoms. The molecule has 0 saturated carbocycles. The maximum atomic E-state index is 12.7. The predicted octanol–water partition coefficient (Wildman–Crippen LogP) is 0.524. The van der Waals surface area contributed by atoms with Crippen LogP contribution in [0.5, 0.6) is 0 Å². The maximum absolute atomic E-state index is 12.7. The molecule has 1 aromatic rings. The number of hydrogen-bond acceptors (Lipinski definition) is 5. The number of amides is 1. The van der Waals surface area contributed by atoms with E-state index >= 15 is 0 Å². The van der Waals surface area contributed by atoms with Crippen LogP contribution in [0.1, 0.15) is 18.4 Å². The van der Waals surface area contributed by atoms with Gasteiger partial charge in [-0.25, -0.2) is 25.9 Å². The first-order valence-corrected chi connectivity index (χ1v) is 11.5. The Morgan fingerprint density at radius 1 is 1.18 bits per heavy atom. The summed E-state index contributed by atoms with van der Waals surface area (Å²) in [5, 5.41) is 2.58. The van der Waals surface area contributed by atoms with Gasteiger partial charge in [-0.1, -0.05) is 6.07 Å². The Kier molecular flexibility index (Phi) is 6.74. The molecule has 2 N–H and O–H groups in total. The molecule has 1 aromatic carbocycles. The fourth-order valence-corrected chi connectivity index (χ4v) is 4.60. The smallest absolute Gasteiger partial charge is 0.352 e. The highest BCUT2D eigenvalue weighted by Gasteiger charge is 2.32. The first-order chi connectivity index (χ1) is 12.8. The molecule has 158 valence electrons. The number of halogens is 3. The van der Waals surface area contributed by atoms with Crippen LogP contribution in [0.25, 0.3) is 0 Å². The van der Waals surface area contributed by atoms with E-state index in [0.29, 0.717) is 18.9 Å². The lowest BCUT2D eigenvalue weighted by molar-refractivity contribution is -0.137. The van der Waals surface area contributed by atoms with Crippen molar-refractivity contribution in [2.75, 3.05) is 25.9 Å². The molecule has 0 spiro atoms. The average Bonchev–Trinajstić information content (AvgIpc) is 2.59. The van der Waals surface area contributed by atoms with Crippen molar-refractivity contribution in [3.8, 4) is 0 Å². The highest BCUT2D eigenvalue weighted by atomic mass is 32.2. The second-order valence-corrected chi connectivity index (χ2v) is 10.1. The van der Waals surface area contributed by atoms with Gasteiger partial charge in [0, 0.05) is 19.1 Å². The zero-order valence-corrected chi connectivity index (χ0v) is 16.5. The minimum Gasteiger partial charge on any atom is -0.352 e. The molecule has 1 aliphatic rings. The van der Waals surface area contributed by atoms with Crippen LogP contribution in [0, 0.1) is 0 Å². The highest BCUT2D eigenvalue weighted by Crippen LogP contribution is 2.30. The molecule has 1 fully saturated rings. The van der Waals surface area contributed by atoms with E-state index in [0.717, 1.165) is 24.5 Å².